The standard InChI is InChI=1S/C12H19ClN2O2S/c1-8(2)10-4-5-11(13)12(6-10)18(16,17)15-9(3)7-14/h4-6,8-9,15H,7,14H2,1-3H3/t9-/m1/s1. The molecule has 0 saturated carbocycles. The van der Waals surface area contributed by atoms with Crippen molar-refractivity contribution >= 4 is 21.6 Å². The van der Waals surface area contributed by atoms with E-state index in [0.29, 0.717) is 0 Å². The summed E-state index contributed by atoms with van der Waals surface area (Å²) in [5, 5.41) is 0.219. The monoisotopic (exact) mass is 290 g/mol. The van der Waals surface area contributed by atoms with Crippen molar-refractivity contribution in [3.05, 3.63) is 28.8 Å². The Hall–Kier alpha value is -0.620. The van der Waals surface area contributed by atoms with E-state index < -0.39 is 10.0 Å². The lowest BCUT2D eigenvalue weighted by molar-refractivity contribution is 0.562. The van der Waals surface area contributed by atoms with Crippen LogP contribution in [0.5, 0.6) is 0 Å². The van der Waals surface area contributed by atoms with Crippen LogP contribution < -0.4 is 10.5 Å². The van der Waals surface area contributed by atoms with Gasteiger partial charge in [0, 0.05) is 12.6 Å². The van der Waals surface area contributed by atoms with Gasteiger partial charge in [0.2, 0.25) is 10.0 Å². The van der Waals surface area contributed by atoms with Crippen molar-refractivity contribution in [3.63, 3.8) is 0 Å². The van der Waals surface area contributed by atoms with E-state index in [0.717, 1.165) is 5.56 Å². The summed E-state index contributed by atoms with van der Waals surface area (Å²) < 4.78 is 26.8. The molecule has 102 valence electrons. The number of rotatable bonds is 5. The normalized spacial score (nSPS) is 13.9. The lowest BCUT2D eigenvalue weighted by atomic mass is 10.0. The average Bonchev–Trinajstić information content (AvgIpc) is 2.28. The van der Waals surface area contributed by atoms with Crippen LogP contribution in [0.15, 0.2) is 23.1 Å². The molecule has 0 bridgehead atoms. The molecule has 4 nitrogen and oxygen atoms in total. The van der Waals surface area contributed by atoms with Gasteiger partial charge in [-0.05, 0) is 30.5 Å². The van der Waals surface area contributed by atoms with E-state index in [1.165, 1.54) is 0 Å². The first-order chi connectivity index (χ1) is 8.27. The van der Waals surface area contributed by atoms with Crippen LogP contribution in [0.2, 0.25) is 5.02 Å². The molecule has 6 heteroatoms. The molecule has 1 atom stereocenters. The van der Waals surface area contributed by atoms with Crippen LogP contribution in [-0.2, 0) is 10.0 Å². The summed E-state index contributed by atoms with van der Waals surface area (Å²) in [4.78, 5) is 0.107. The number of benzene rings is 1. The van der Waals surface area contributed by atoms with Crippen LogP contribution in [0.3, 0.4) is 0 Å². The third kappa shape index (κ3) is 3.68. The Morgan fingerprint density at radius 1 is 1.33 bits per heavy atom. The highest BCUT2D eigenvalue weighted by molar-refractivity contribution is 7.89. The minimum atomic E-state index is -3.62. The Morgan fingerprint density at radius 3 is 2.44 bits per heavy atom. The van der Waals surface area contributed by atoms with Gasteiger partial charge in [-0.1, -0.05) is 31.5 Å². The highest BCUT2D eigenvalue weighted by Crippen LogP contribution is 2.26. The smallest absolute Gasteiger partial charge is 0.242 e. The number of hydrogen-bond donors (Lipinski definition) is 2. The molecule has 0 aliphatic carbocycles. The zero-order chi connectivity index (χ0) is 13.9. The van der Waals surface area contributed by atoms with Crippen LogP contribution in [0.25, 0.3) is 0 Å². The second-order valence-corrected chi connectivity index (χ2v) is 6.69. The van der Waals surface area contributed by atoms with E-state index >= 15 is 0 Å². The van der Waals surface area contributed by atoms with Crippen molar-refractivity contribution in [2.75, 3.05) is 6.54 Å². The van der Waals surface area contributed by atoms with E-state index in [2.05, 4.69) is 4.72 Å². The Bertz CT molecular complexity index is 515. The average molecular weight is 291 g/mol. The van der Waals surface area contributed by atoms with Crippen molar-refractivity contribution in [1.29, 1.82) is 0 Å². The fraction of sp³-hybridized carbons (Fsp3) is 0.500. The van der Waals surface area contributed by atoms with E-state index in [4.69, 9.17) is 17.3 Å². The number of hydrogen-bond acceptors (Lipinski definition) is 3. The first-order valence-electron chi connectivity index (χ1n) is 5.79. The zero-order valence-electron chi connectivity index (χ0n) is 10.8. The van der Waals surface area contributed by atoms with E-state index in [1.807, 2.05) is 19.9 Å². The largest absolute Gasteiger partial charge is 0.329 e. The van der Waals surface area contributed by atoms with Crippen LogP contribution >= 0.6 is 11.6 Å². The maximum Gasteiger partial charge on any atom is 0.242 e. The molecule has 18 heavy (non-hydrogen) atoms. The molecule has 1 aromatic carbocycles. The summed E-state index contributed by atoms with van der Waals surface area (Å²) in [6.45, 7) is 5.93. The Kier molecular flexibility index (Phi) is 5.16. The van der Waals surface area contributed by atoms with Gasteiger partial charge >= 0.3 is 0 Å². The third-order valence-electron chi connectivity index (χ3n) is 2.62. The van der Waals surface area contributed by atoms with E-state index in [1.54, 1.807) is 19.1 Å². The Balaban J connectivity index is 3.19. The molecule has 1 rings (SSSR count). The van der Waals surface area contributed by atoms with Crippen molar-refractivity contribution in [2.45, 2.75) is 37.6 Å². The van der Waals surface area contributed by atoms with Crippen molar-refractivity contribution in [2.24, 2.45) is 5.73 Å². The first-order valence-corrected chi connectivity index (χ1v) is 7.66. The second kappa shape index (κ2) is 6.02. The van der Waals surface area contributed by atoms with Crippen LogP contribution in [0.1, 0.15) is 32.3 Å². The molecule has 0 aliphatic heterocycles. The lowest BCUT2D eigenvalue weighted by Crippen LogP contribution is -2.37. The zero-order valence-corrected chi connectivity index (χ0v) is 12.3. The number of sulfonamides is 1. The van der Waals surface area contributed by atoms with Gasteiger partial charge in [-0.3, -0.25) is 0 Å². The molecule has 3 N–H and O–H groups in total. The summed E-state index contributed by atoms with van der Waals surface area (Å²) in [7, 11) is -3.62. The van der Waals surface area contributed by atoms with Gasteiger partial charge in [-0.2, -0.15) is 0 Å². The molecule has 0 fully saturated rings. The van der Waals surface area contributed by atoms with Gasteiger partial charge in [-0.25, -0.2) is 13.1 Å². The fourth-order valence-electron chi connectivity index (χ4n) is 1.46. The summed E-state index contributed by atoms with van der Waals surface area (Å²) in [6, 6.07) is 4.73. The molecule has 0 spiro atoms. The predicted octanol–water partition coefficient (Wildman–Crippen LogP) is 2.09. The minimum Gasteiger partial charge on any atom is -0.329 e. The number of nitrogens with one attached hydrogen (secondary N) is 1. The number of nitrogens with two attached hydrogens (primary N) is 1. The van der Waals surface area contributed by atoms with E-state index in [-0.39, 0.29) is 28.4 Å². The SMILES string of the molecule is CC(C)c1ccc(Cl)c(S(=O)(=O)N[C@H](C)CN)c1. The second-order valence-electron chi connectivity index (χ2n) is 4.60. The van der Waals surface area contributed by atoms with Gasteiger partial charge in [0.15, 0.2) is 0 Å². The summed E-state index contributed by atoms with van der Waals surface area (Å²) in [5.74, 6) is 0.239. The van der Waals surface area contributed by atoms with Gasteiger partial charge in [0.1, 0.15) is 4.90 Å². The predicted molar refractivity (Wildman–Crippen MR) is 74.4 cm³/mol. The maximum absolute atomic E-state index is 12.1. The van der Waals surface area contributed by atoms with E-state index in [9.17, 15) is 8.42 Å². The van der Waals surface area contributed by atoms with Crippen LogP contribution in [-0.4, -0.2) is 21.0 Å². The fourth-order valence-corrected chi connectivity index (χ4v) is 3.25. The topological polar surface area (TPSA) is 72.2 Å². The van der Waals surface area contributed by atoms with Crippen LogP contribution in [0, 0.1) is 0 Å². The first kappa shape index (κ1) is 15.4. The minimum absolute atomic E-state index is 0.107. The molecule has 0 amide bonds. The van der Waals surface area contributed by atoms with Gasteiger partial charge in [0.25, 0.3) is 0 Å². The Labute approximate surface area is 114 Å². The lowest BCUT2D eigenvalue weighted by Gasteiger charge is -2.14. The molecular formula is C12H19ClN2O2S. The molecule has 0 aromatic heterocycles. The molecule has 1 aromatic rings. The quantitative estimate of drug-likeness (QED) is 0.872. The summed E-state index contributed by atoms with van der Waals surface area (Å²) in [5.41, 5.74) is 6.34. The van der Waals surface area contributed by atoms with Crippen molar-refractivity contribution < 1.29 is 8.42 Å². The molecule has 0 heterocycles. The summed E-state index contributed by atoms with van der Waals surface area (Å²) >= 11 is 5.96. The van der Waals surface area contributed by atoms with Gasteiger partial charge in [-0.15, -0.1) is 0 Å². The Morgan fingerprint density at radius 2 is 1.94 bits per heavy atom. The summed E-state index contributed by atoms with van der Waals surface area (Å²) in [6.07, 6.45) is 0. The van der Waals surface area contributed by atoms with Gasteiger partial charge < -0.3 is 5.73 Å². The molecule has 0 radical (unpaired) electrons. The highest BCUT2D eigenvalue weighted by atomic mass is 35.5. The molecule has 0 saturated heterocycles. The molecular weight excluding hydrogens is 272 g/mol. The number of halogens is 1. The highest BCUT2D eigenvalue weighted by Gasteiger charge is 2.20. The maximum atomic E-state index is 12.1. The van der Waals surface area contributed by atoms with Crippen molar-refractivity contribution in [1.82, 2.24) is 4.72 Å². The van der Waals surface area contributed by atoms with Crippen LogP contribution in [0.4, 0.5) is 0 Å². The third-order valence-corrected chi connectivity index (χ3v) is 4.69. The molecule has 0 aliphatic rings. The van der Waals surface area contributed by atoms with Gasteiger partial charge in [0.05, 0.1) is 5.02 Å². The van der Waals surface area contributed by atoms with Crippen molar-refractivity contribution in [3.8, 4) is 0 Å². The molecule has 0 unspecified atom stereocenters.